The van der Waals surface area contributed by atoms with Crippen molar-refractivity contribution in [2.45, 2.75) is 13.1 Å². The van der Waals surface area contributed by atoms with E-state index in [4.69, 9.17) is 0 Å². The average Bonchev–Trinajstić information content (AvgIpc) is 2.79. The fraction of sp³-hybridized carbons (Fsp3) is 0.130. The van der Waals surface area contributed by atoms with E-state index in [0.717, 1.165) is 28.8 Å². The fourth-order valence-corrected chi connectivity index (χ4v) is 3.33. The van der Waals surface area contributed by atoms with Crippen LogP contribution in [0.3, 0.4) is 0 Å². The van der Waals surface area contributed by atoms with Crippen LogP contribution in [0.15, 0.2) is 54.9 Å². The summed E-state index contributed by atoms with van der Waals surface area (Å²) in [5, 5.41) is 6.01. The third-order valence-corrected chi connectivity index (χ3v) is 5.01. The Hall–Kier alpha value is -4.08. The Kier molecular flexibility index (Phi) is 5.67. The zero-order valence-corrected chi connectivity index (χ0v) is 17.5. The summed E-state index contributed by atoms with van der Waals surface area (Å²) >= 11 is 0. The van der Waals surface area contributed by atoms with Crippen molar-refractivity contribution in [3.63, 3.8) is 0 Å². The molecule has 0 fully saturated rings. The van der Waals surface area contributed by atoms with Crippen LogP contribution in [0, 0.1) is 12.7 Å². The number of benzene rings is 2. The van der Waals surface area contributed by atoms with Crippen molar-refractivity contribution in [3.8, 4) is 11.1 Å². The quantitative estimate of drug-likeness (QED) is 0.400. The first-order chi connectivity index (χ1) is 15.7. The molecule has 2 N–H and O–H groups in total. The average molecular weight is 455 g/mol. The second kappa shape index (κ2) is 8.45. The third kappa shape index (κ3) is 4.45. The number of fused-ring (bicyclic) bond motifs is 1. The molecule has 2 aromatic heterocycles. The van der Waals surface area contributed by atoms with E-state index in [0.29, 0.717) is 28.7 Å². The van der Waals surface area contributed by atoms with E-state index in [2.05, 4.69) is 25.6 Å². The molecule has 2 heterocycles. The van der Waals surface area contributed by atoms with Crippen molar-refractivity contribution in [2.75, 3.05) is 17.7 Å². The standard InChI is InChI=1S/C23H17F4N5O/c1-12-6-7-15(31-21(33)16-4-3-5-18(19(16)24)23(25,26)27)9-17(12)13-8-14-11-30-22(28-2)32-20(14)29-10-13/h3-11H,1-2H3,(H,31,33)(H,28,29,30,32). The van der Waals surface area contributed by atoms with E-state index < -0.39 is 29.0 Å². The maximum atomic E-state index is 14.3. The van der Waals surface area contributed by atoms with Crippen molar-refractivity contribution < 1.29 is 22.4 Å². The molecule has 0 atom stereocenters. The van der Waals surface area contributed by atoms with E-state index in [9.17, 15) is 22.4 Å². The lowest BCUT2D eigenvalue weighted by Crippen LogP contribution is -2.17. The lowest BCUT2D eigenvalue weighted by atomic mass is 10.0. The van der Waals surface area contributed by atoms with Gasteiger partial charge in [-0.2, -0.15) is 18.2 Å². The number of pyridine rings is 1. The Morgan fingerprint density at radius 1 is 1.03 bits per heavy atom. The maximum absolute atomic E-state index is 14.3. The first-order valence-corrected chi connectivity index (χ1v) is 9.76. The van der Waals surface area contributed by atoms with Crippen molar-refractivity contribution in [2.24, 2.45) is 0 Å². The molecule has 0 aliphatic heterocycles. The number of carbonyl (C=O) groups excluding carboxylic acids is 1. The number of aromatic nitrogens is 3. The van der Waals surface area contributed by atoms with Crippen LogP contribution in [0.1, 0.15) is 21.5 Å². The largest absolute Gasteiger partial charge is 0.419 e. The molecule has 0 radical (unpaired) electrons. The molecule has 1 amide bonds. The van der Waals surface area contributed by atoms with Crippen LogP contribution in [0.4, 0.5) is 29.2 Å². The van der Waals surface area contributed by atoms with Gasteiger partial charge in [0.1, 0.15) is 5.82 Å². The molecule has 0 bridgehead atoms. The number of carbonyl (C=O) groups is 1. The Morgan fingerprint density at radius 2 is 1.82 bits per heavy atom. The first-order valence-electron chi connectivity index (χ1n) is 9.76. The molecule has 0 aliphatic carbocycles. The van der Waals surface area contributed by atoms with Crippen LogP contribution in [0.2, 0.25) is 0 Å². The van der Waals surface area contributed by atoms with Gasteiger partial charge >= 0.3 is 6.18 Å². The molecule has 0 spiro atoms. The number of rotatable bonds is 4. The van der Waals surface area contributed by atoms with Crippen LogP contribution in [0.25, 0.3) is 22.2 Å². The highest BCUT2D eigenvalue weighted by Gasteiger charge is 2.35. The van der Waals surface area contributed by atoms with E-state index in [1.807, 2.05) is 13.0 Å². The maximum Gasteiger partial charge on any atom is 0.419 e. The molecule has 0 saturated heterocycles. The third-order valence-electron chi connectivity index (χ3n) is 5.01. The highest BCUT2D eigenvalue weighted by molar-refractivity contribution is 6.05. The summed E-state index contributed by atoms with van der Waals surface area (Å²) in [6.45, 7) is 1.86. The zero-order chi connectivity index (χ0) is 23.8. The number of hydrogen-bond acceptors (Lipinski definition) is 5. The highest BCUT2D eigenvalue weighted by Crippen LogP contribution is 2.33. The van der Waals surface area contributed by atoms with Gasteiger partial charge in [0, 0.05) is 36.1 Å². The molecule has 33 heavy (non-hydrogen) atoms. The molecular formula is C23H17F4N5O. The van der Waals surface area contributed by atoms with E-state index in [1.165, 1.54) is 0 Å². The molecule has 10 heteroatoms. The number of alkyl halides is 3. The van der Waals surface area contributed by atoms with Gasteiger partial charge in [-0.3, -0.25) is 4.79 Å². The molecule has 4 aromatic rings. The van der Waals surface area contributed by atoms with E-state index in [1.54, 1.807) is 37.6 Å². The number of halogens is 4. The molecular weight excluding hydrogens is 438 g/mol. The van der Waals surface area contributed by atoms with Crippen LogP contribution in [0.5, 0.6) is 0 Å². The predicted octanol–water partition coefficient (Wildman–Crippen LogP) is 5.45. The van der Waals surface area contributed by atoms with E-state index in [-0.39, 0.29) is 0 Å². The lowest BCUT2D eigenvalue weighted by molar-refractivity contribution is -0.140. The van der Waals surface area contributed by atoms with Crippen LogP contribution in [-0.4, -0.2) is 27.9 Å². The molecule has 0 aliphatic rings. The summed E-state index contributed by atoms with van der Waals surface area (Å²) in [6.07, 6.45) is -1.66. The number of hydrogen-bond donors (Lipinski definition) is 2. The minimum absolute atomic E-state index is 0.291. The van der Waals surface area contributed by atoms with Crippen LogP contribution < -0.4 is 10.6 Å². The van der Waals surface area contributed by atoms with Gasteiger partial charge in [0.05, 0.1) is 11.1 Å². The molecule has 4 rings (SSSR count). The Morgan fingerprint density at radius 3 is 2.55 bits per heavy atom. The van der Waals surface area contributed by atoms with Gasteiger partial charge in [-0.15, -0.1) is 0 Å². The number of nitrogens with one attached hydrogen (secondary N) is 2. The summed E-state index contributed by atoms with van der Waals surface area (Å²) in [7, 11) is 1.70. The molecule has 0 unspecified atom stereocenters. The molecule has 6 nitrogen and oxygen atoms in total. The Balaban J connectivity index is 1.66. The monoisotopic (exact) mass is 455 g/mol. The van der Waals surface area contributed by atoms with Crippen LogP contribution >= 0.6 is 0 Å². The summed E-state index contributed by atoms with van der Waals surface area (Å²) in [5.74, 6) is -2.17. The number of aryl methyl sites for hydroxylation is 1. The first kappa shape index (κ1) is 22.1. The van der Waals surface area contributed by atoms with Gasteiger partial charge in [0.2, 0.25) is 5.95 Å². The van der Waals surface area contributed by atoms with E-state index >= 15 is 0 Å². The van der Waals surface area contributed by atoms with Gasteiger partial charge in [-0.05, 0) is 48.4 Å². The number of amides is 1. The van der Waals surface area contributed by atoms with Gasteiger partial charge in [0.15, 0.2) is 5.65 Å². The summed E-state index contributed by atoms with van der Waals surface area (Å²) in [4.78, 5) is 25.3. The molecule has 168 valence electrons. The second-order valence-electron chi connectivity index (χ2n) is 7.23. The normalized spacial score (nSPS) is 11.5. The fourth-order valence-electron chi connectivity index (χ4n) is 3.33. The van der Waals surface area contributed by atoms with Gasteiger partial charge < -0.3 is 10.6 Å². The lowest BCUT2D eigenvalue weighted by Gasteiger charge is -2.13. The van der Waals surface area contributed by atoms with Gasteiger partial charge in [-0.25, -0.2) is 14.4 Å². The smallest absolute Gasteiger partial charge is 0.357 e. The number of anilines is 2. The highest BCUT2D eigenvalue weighted by atomic mass is 19.4. The van der Waals surface area contributed by atoms with Crippen LogP contribution in [-0.2, 0) is 6.18 Å². The summed E-state index contributed by atoms with van der Waals surface area (Å²) in [5.41, 5.74) is 0.917. The minimum Gasteiger partial charge on any atom is -0.357 e. The predicted molar refractivity (Wildman–Crippen MR) is 116 cm³/mol. The van der Waals surface area contributed by atoms with Crippen molar-refractivity contribution in [1.29, 1.82) is 0 Å². The Bertz CT molecular complexity index is 1370. The second-order valence-corrected chi connectivity index (χ2v) is 7.23. The Labute approximate surface area is 185 Å². The van der Waals surface area contributed by atoms with Crippen molar-refractivity contribution in [3.05, 3.63) is 77.4 Å². The topological polar surface area (TPSA) is 79.8 Å². The minimum atomic E-state index is -4.90. The number of nitrogens with zero attached hydrogens (tertiary/aromatic N) is 3. The summed E-state index contributed by atoms with van der Waals surface area (Å²) < 4.78 is 53.2. The summed E-state index contributed by atoms with van der Waals surface area (Å²) in [6, 6.07) is 9.38. The van der Waals surface area contributed by atoms with Crippen molar-refractivity contribution >= 4 is 28.6 Å². The zero-order valence-electron chi connectivity index (χ0n) is 17.5. The van der Waals surface area contributed by atoms with Crippen molar-refractivity contribution in [1.82, 2.24) is 15.0 Å². The van der Waals surface area contributed by atoms with Gasteiger partial charge in [0.25, 0.3) is 5.91 Å². The molecule has 2 aromatic carbocycles. The SMILES string of the molecule is CNc1ncc2cc(-c3cc(NC(=O)c4cccc(C(F)(F)F)c4F)ccc3C)cnc2n1. The molecule has 0 saturated carbocycles. The van der Waals surface area contributed by atoms with Gasteiger partial charge in [-0.1, -0.05) is 12.1 Å².